The van der Waals surface area contributed by atoms with Crippen molar-refractivity contribution in [1.82, 2.24) is 9.97 Å². The summed E-state index contributed by atoms with van der Waals surface area (Å²) in [5.41, 5.74) is 0. The third kappa shape index (κ3) is 1.74. The highest BCUT2D eigenvalue weighted by atomic mass is 32.2. The fourth-order valence-electron chi connectivity index (χ4n) is 0.585. The van der Waals surface area contributed by atoms with Crippen molar-refractivity contribution in [2.75, 3.05) is 5.75 Å². The fraction of sp³-hybridized carbons (Fsp3) is 0.333. The van der Waals surface area contributed by atoms with Gasteiger partial charge in [0.15, 0.2) is 0 Å². The lowest BCUT2D eigenvalue weighted by Gasteiger charge is -1.99. The maximum absolute atomic E-state index is 11.3. The average molecular weight is 171 g/mol. The molecule has 0 aliphatic carbocycles. The largest absolute Gasteiger partial charge is 0.246 e. The predicted molar refractivity (Wildman–Crippen MR) is 41.7 cm³/mol. The molecule has 1 atom stereocenters. The molecule has 0 bridgehead atoms. The molecular weight excluding hydrogens is 162 g/mol. The molecule has 11 heavy (non-hydrogen) atoms. The van der Waals surface area contributed by atoms with E-state index in [0.29, 0.717) is 0 Å². The smallest absolute Gasteiger partial charge is 0.226 e. The second-order valence-electron chi connectivity index (χ2n) is 2.00. The first-order chi connectivity index (χ1) is 5.17. The van der Waals surface area contributed by atoms with Crippen molar-refractivity contribution in [2.45, 2.75) is 12.1 Å². The van der Waals surface area contributed by atoms with Crippen LogP contribution in [0.3, 0.4) is 0 Å². The average Bonchev–Trinajstić information content (AvgIpc) is 2.06. The third-order valence-electron chi connectivity index (χ3n) is 1.24. The summed E-state index contributed by atoms with van der Waals surface area (Å²) in [5, 5.41) is 0.127. The van der Waals surface area contributed by atoms with Gasteiger partial charge in [-0.2, -0.15) is 0 Å². The van der Waals surface area contributed by atoms with Crippen molar-refractivity contribution in [1.29, 1.82) is 4.78 Å². The summed E-state index contributed by atoms with van der Waals surface area (Å²) >= 11 is 0. The molecule has 0 radical (unpaired) electrons. The predicted octanol–water partition coefficient (Wildman–Crippen LogP) is 0.902. The van der Waals surface area contributed by atoms with Gasteiger partial charge >= 0.3 is 0 Å². The number of hydrogen-bond acceptors (Lipinski definition) is 4. The Morgan fingerprint density at radius 1 is 1.55 bits per heavy atom. The van der Waals surface area contributed by atoms with Crippen LogP contribution < -0.4 is 0 Å². The van der Waals surface area contributed by atoms with Crippen LogP contribution >= 0.6 is 0 Å². The van der Waals surface area contributed by atoms with E-state index in [0.717, 1.165) is 0 Å². The van der Waals surface area contributed by atoms with Crippen LogP contribution in [-0.2, 0) is 9.73 Å². The van der Waals surface area contributed by atoms with E-state index in [2.05, 4.69) is 9.97 Å². The molecule has 1 aromatic rings. The summed E-state index contributed by atoms with van der Waals surface area (Å²) in [6.45, 7) is 1.69. The van der Waals surface area contributed by atoms with Crippen LogP contribution in [0.1, 0.15) is 6.92 Å². The standard InChI is InChI=1S/C6H9N3OS/c1-2-11(7,10)6-8-4-3-5-9-6/h3-5,7H,2H2,1H3/t11-/m1/s1. The topological polar surface area (TPSA) is 66.7 Å². The first-order valence-electron chi connectivity index (χ1n) is 3.20. The lowest BCUT2D eigenvalue weighted by molar-refractivity contribution is 0.667. The van der Waals surface area contributed by atoms with Gasteiger partial charge in [0, 0.05) is 18.1 Å². The summed E-state index contributed by atoms with van der Waals surface area (Å²) in [6.07, 6.45) is 2.98. The molecule has 4 nitrogen and oxygen atoms in total. The quantitative estimate of drug-likeness (QED) is 0.672. The molecule has 0 fully saturated rings. The monoisotopic (exact) mass is 171 g/mol. The van der Waals surface area contributed by atoms with Crippen LogP contribution in [0, 0.1) is 4.78 Å². The Kier molecular flexibility index (Phi) is 2.19. The van der Waals surface area contributed by atoms with Crippen LogP contribution in [0.5, 0.6) is 0 Å². The maximum Gasteiger partial charge on any atom is 0.226 e. The number of hydrogen-bond donors (Lipinski definition) is 1. The molecule has 5 heteroatoms. The summed E-state index contributed by atoms with van der Waals surface area (Å²) in [7, 11) is -2.72. The summed E-state index contributed by atoms with van der Waals surface area (Å²) in [5.74, 6) is 0.261. The molecule has 60 valence electrons. The molecule has 0 saturated carbocycles. The molecule has 0 unspecified atom stereocenters. The Morgan fingerprint density at radius 3 is 2.55 bits per heavy atom. The summed E-state index contributed by atoms with van der Waals surface area (Å²) in [4.78, 5) is 7.49. The van der Waals surface area contributed by atoms with Gasteiger partial charge in [-0.05, 0) is 6.07 Å². The summed E-state index contributed by atoms with van der Waals surface area (Å²) < 4.78 is 18.6. The van der Waals surface area contributed by atoms with Crippen LogP contribution in [0.15, 0.2) is 23.6 Å². The zero-order valence-electron chi connectivity index (χ0n) is 6.15. The van der Waals surface area contributed by atoms with Gasteiger partial charge < -0.3 is 0 Å². The van der Waals surface area contributed by atoms with Gasteiger partial charge in [-0.15, -0.1) is 0 Å². The highest BCUT2D eigenvalue weighted by molar-refractivity contribution is 7.92. The van der Waals surface area contributed by atoms with Crippen LogP contribution in [0.2, 0.25) is 0 Å². The minimum Gasteiger partial charge on any atom is -0.246 e. The van der Waals surface area contributed by atoms with Gasteiger partial charge in [-0.25, -0.2) is 19.0 Å². The fourth-order valence-corrected chi connectivity index (χ4v) is 1.31. The molecule has 0 aromatic carbocycles. The SMILES string of the molecule is CC[S@@](=N)(=O)c1ncccn1. The molecule has 1 rings (SSSR count). The van der Waals surface area contributed by atoms with Crippen LogP contribution in [0.25, 0.3) is 0 Å². The molecule has 0 amide bonds. The summed E-state index contributed by atoms with van der Waals surface area (Å²) in [6, 6.07) is 1.63. The van der Waals surface area contributed by atoms with E-state index in [1.165, 1.54) is 12.4 Å². The van der Waals surface area contributed by atoms with Crippen molar-refractivity contribution in [3.63, 3.8) is 0 Å². The number of rotatable bonds is 2. The zero-order chi connectivity index (χ0) is 8.32. The lowest BCUT2D eigenvalue weighted by Crippen LogP contribution is -2.05. The van der Waals surface area contributed by atoms with Gasteiger partial charge in [0.1, 0.15) is 9.73 Å². The highest BCUT2D eigenvalue weighted by Gasteiger charge is 2.08. The molecule has 1 heterocycles. The minimum absolute atomic E-state index is 0.127. The van der Waals surface area contributed by atoms with Gasteiger partial charge in [0.25, 0.3) is 0 Å². The molecular formula is C6H9N3OS. The number of nitrogens with one attached hydrogen (secondary N) is 1. The third-order valence-corrected chi connectivity index (χ3v) is 2.86. The normalized spacial score (nSPS) is 15.7. The van der Waals surface area contributed by atoms with Crippen LogP contribution in [-0.4, -0.2) is 19.9 Å². The molecule has 0 spiro atoms. The molecule has 0 aliphatic heterocycles. The number of aromatic nitrogens is 2. The van der Waals surface area contributed by atoms with Crippen molar-refractivity contribution >= 4 is 9.73 Å². The highest BCUT2D eigenvalue weighted by Crippen LogP contribution is 2.02. The van der Waals surface area contributed by atoms with Crippen molar-refractivity contribution in [3.05, 3.63) is 18.5 Å². The second-order valence-corrected chi connectivity index (χ2v) is 4.29. The molecule has 0 aliphatic rings. The molecule has 1 aromatic heterocycles. The van der Waals surface area contributed by atoms with Gasteiger partial charge in [0.05, 0.1) is 0 Å². The Hall–Kier alpha value is -0.970. The van der Waals surface area contributed by atoms with Crippen molar-refractivity contribution < 1.29 is 4.21 Å². The number of nitrogens with zero attached hydrogens (tertiary/aromatic N) is 2. The first kappa shape index (κ1) is 8.13. The van der Waals surface area contributed by atoms with Gasteiger partial charge in [-0.1, -0.05) is 6.92 Å². The van der Waals surface area contributed by atoms with E-state index >= 15 is 0 Å². The van der Waals surface area contributed by atoms with E-state index in [9.17, 15) is 4.21 Å². The van der Waals surface area contributed by atoms with Gasteiger partial charge in [-0.3, -0.25) is 0 Å². The van der Waals surface area contributed by atoms with E-state index in [-0.39, 0.29) is 10.9 Å². The van der Waals surface area contributed by atoms with Crippen molar-refractivity contribution in [3.8, 4) is 0 Å². The lowest BCUT2D eigenvalue weighted by atomic mass is 10.7. The first-order valence-corrected chi connectivity index (χ1v) is 4.93. The minimum atomic E-state index is -2.72. The Labute approximate surface area is 65.7 Å². The Bertz CT molecular complexity index is 319. The van der Waals surface area contributed by atoms with Crippen molar-refractivity contribution in [2.24, 2.45) is 0 Å². The Morgan fingerprint density at radius 2 is 2.09 bits per heavy atom. The van der Waals surface area contributed by atoms with E-state index in [1.54, 1.807) is 13.0 Å². The Balaban J connectivity index is 3.14. The van der Waals surface area contributed by atoms with Gasteiger partial charge in [0.2, 0.25) is 5.16 Å². The van der Waals surface area contributed by atoms with E-state index < -0.39 is 9.73 Å². The second kappa shape index (κ2) is 2.96. The molecule has 1 N–H and O–H groups in total. The zero-order valence-corrected chi connectivity index (χ0v) is 6.97. The van der Waals surface area contributed by atoms with Crippen LogP contribution in [0.4, 0.5) is 0 Å². The molecule has 0 saturated heterocycles. The van der Waals surface area contributed by atoms with E-state index in [4.69, 9.17) is 4.78 Å². The maximum atomic E-state index is 11.3. The van der Waals surface area contributed by atoms with E-state index in [1.807, 2.05) is 0 Å².